The lowest BCUT2D eigenvalue weighted by molar-refractivity contribution is -0.734. The van der Waals surface area contributed by atoms with Crippen molar-refractivity contribution in [2.75, 3.05) is 13.7 Å². The molecule has 2 fully saturated rings. The van der Waals surface area contributed by atoms with Gasteiger partial charge in [0, 0.05) is 19.0 Å². The van der Waals surface area contributed by atoms with Crippen LogP contribution in [0.2, 0.25) is 0 Å². The van der Waals surface area contributed by atoms with E-state index >= 15 is 0 Å². The minimum absolute atomic E-state index is 0.212. The number of esters is 1. The molecule has 3 rings (SSSR count). The molecule has 2 saturated heterocycles. The van der Waals surface area contributed by atoms with Crippen LogP contribution in [0, 0.1) is 18.8 Å². The van der Waals surface area contributed by atoms with E-state index in [1.807, 2.05) is 43.4 Å². The van der Waals surface area contributed by atoms with Crippen LogP contribution < -0.4 is 5.32 Å². The SMILES string of the molecule is CCOC(=O)[C@]1(CC)[NH2+][C@@H](c2ccc(C)cc2)[C@H]2C(=O)N(C)C(=O)[C@@H]21. The second-order valence-corrected chi connectivity index (χ2v) is 6.96. The first-order valence-corrected chi connectivity index (χ1v) is 8.78. The van der Waals surface area contributed by atoms with Crippen LogP contribution in [0.25, 0.3) is 0 Å². The number of aryl methyl sites for hydroxylation is 1. The van der Waals surface area contributed by atoms with Crippen molar-refractivity contribution in [1.29, 1.82) is 0 Å². The van der Waals surface area contributed by atoms with E-state index in [0.717, 1.165) is 11.1 Å². The van der Waals surface area contributed by atoms with Gasteiger partial charge >= 0.3 is 5.97 Å². The molecule has 1 aromatic carbocycles. The van der Waals surface area contributed by atoms with Gasteiger partial charge in [0.2, 0.25) is 17.4 Å². The predicted octanol–water partition coefficient (Wildman–Crippen LogP) is 0.556. The summed E-state index contributed by atoms with van der Waals surface area (Å²) in [7, 11) is 1.50. The van der Waals surface area contributed by atoms with Crippen LogP contribution in [0.15, 0.2) is 24.3 Å². The maximum atomic E-state index is 12.8. The quantitative estimate of drug-likeness (QED) is 0.639. The van der Waals surface area contributed by atoms with Gasteiger partial charge in [-0.2, -0.15) is 0 Å². The van der Waals surface area contributed by atoms with Gasteiger partial charge in [-0.1, -0.05) is 36.8 Å². The largest absolute Gasteiger partial charge is 0.461 e. The van der Waals surface area contributed by atoms with Crippen LogP contribution in [0.1, 0.15) is 37.4 Å². The summed E-state index contributed by atoms with van der Waals surface area (Å²) in [6, 6.07) is 7.65. The minimum atomic E-state index is -1.05. The number of imide groups is 1. The van der Waals surface area contributed by atoms with Crippen LogP contribution in [0.3, 0.4) is 0 Å². The highest BCUT2D eigenvalue weighted by Gasteiger charge is 2.71. The Balaban J connectivity index is 2.10. The van der Waals surface area contributed by atoms with Gasteiger partial charge in [0.1, 0.15) is 17.9 Å². The number of nitrogens with two attached hydrogens (primary N) is 1. The first-order valence-electron chi connectivity index (χ1n) is 8.78. The highest BCUT2D eigenvalue weighted by molar-refractivity contribution is 6.08. The van der Waals surface area contributed by atoms with Crippen molar-refractivity contribution in [3.8, 4) is 0 Å². The predicted molar refractivity (Wildman–Crippen MR) is 90.3 cm³/mol. The Morgan fingerprint density at radius 2 is 1.84 bits per heavy atom. The van der Waals surface area contributed by atoms with Gasteiger partial charge in [0.25, 0.3) is 0 Å². The second kappa shape index (κ2) is 6.26. The maximum Gasteiger partial charge on any atom is 0.368 e. The molecule has 0 saturated carbocycles. The molecule has 134 valence electrons. The molecule has 0 radical (unpaired) electrons. The Kier molecular flexibility index (Phi) is 4.41. The first-order chi connectivity index (χ1) is 11.9. The zero-order valence-electron chi connectivity index (χ0n) is 15.1. The van der Waals surface area contributed by atoms with Crippen LogP contribution in [-0.4, -0.2) is 41.9 Å². The van der Waals surface area contributed by atoms with Crippen molar-refractivity contribution in [2.45, 2.75) is 38.8 Å². The Morgan fingerprint density at radius 3 is 2.40 bits per heavy atom. The van der Waals surface area contributed by atoms with Crippen LogP contribution in [0.4, 0.5) is 0 Å². The van der Waals surface area contributed by atoms with Crippen molar-refractivity contribution in [3.05, 3.63) is 35.4 Å². The van der Waals surface area contributed by atoms with Gasteiger partial charge in [-0.3, -0.25) is 14.5 Å². The normalized spacial score (nSPS) is 31.4. The summed E-state index contributed by atoms with van der Waals surface area (Å²) in [6.45, 7) is 5.87. The number of carbonyl (C=O) groups is 3. The number of hydrogen-bond donors (Lipinski definition) is 1. The Morgan fingerprint density at radius 1 is 1.20 bits per heavy atom. The summed E-state index contributed by atoms with van der Waals surface area (Å²) >= 11 is 0. The standard InChI is InChI=1S/C19H24N2O4/c1-5-19(18(24)25-6-2)14-13(16(22)21(4)17(14)23)15(20-19)12-9-7-11(3)8-10-12/h7-10,13-15,20H,5-6H2,1-4H3/p+1/t13-,14+,15-,19+/m0/s1. The van der Waals surface area contributed by atoms with Gasteiger partial charge < -0.3 is 10.1 Å². The van der Waals surface area contributed by atoms with E-state index in [1.54, 1.807) is 6.92 Å². The van der Waals surface area contributed by atoms with Crippen LogP contribution in [0.5, 0.6) is 0 Å². The van der Waals surface area contributed by atoms with Gasteiger partial charge in [-0.25, -0.2) is 4.79 Å². The highest BCUT2D eigenvalue weighted by Crippen LogP contribution is 2.45. The smallest absolute Gasteiger partial charge is 0.368 e. The fraction of sp³-hybridized carbons (Fsp3) is 0.526. The van der Waals surface area contributed by atoms with E-state index in [0.29, 0.717) is 6.42 Å². The number of benzene rings is 1. The fourth-order valence-electron chi connectivity index (χ4n) is 4.30. The van der Waals surface area contributed by atoms with E-state index in [4.69, 9.17) is 4.74 Å². The summed E-state index contributed by atoms with van der Waals surface area (Å²) in [5.41, 5.74) is 1.03. The number of fused-ring (bicyclic) bond motifs is 1. The molecule has 0 bridgehead atoms. The van der Waals surface area contributed by atoms with Gasteiger partial charge in [-0.05, 0) is 13.8 Å². The highest BCUT2D eigenvalue weighted by atomic mass is 16.5. The first kappa shape index (κ1) is 17.6. The molecule has 6 nitrogen and oxygen atoms in total. The van der Waals surface area contributed by atoms with Crippen molar-refractivity contribution < 1.29 is 24.4 Å². The third-order valence-electron chi connectivity index (χ3n) is 5.69. The number of hydrogen-bond acceptors (Lipinski definition) is 4. The third-order valence-corrected chi connectivity index (χ3v) is 5.69. The molecule has 6 heteroatoms. The molecule has 2 heterocycles. The number of likely N-dealkylation sites (tertiary alicyclic amines) is 1. The van der Waals surface area contributed by atoms with E-state index in [-0.39, 0.29) is 24.5 Å². The zero-order chi connectivity index (χ0) is 18.4. The molecule has 2 amide bonds. The Labute approximate surface area is 147 Å². The molecule has 0 aliphatic carbocycles. The Hall–Kier alpha value is -2.21. The lowest BCUT2D eigenvalue weighted by Crippen LogP contribution is -2.98. The fourth-order valence-corrected chi connectivity index (χ4v) is 4.30. The van der Waals surface area contributed by atoms with E-state index < -0.39 is 23.3 Å². The molecule has 1 aromatic rings. The Bertz CT molecular complexity index is 715. The summed E-state index contributed by atoms with van der Waals surface area (Å²) < 4.78 is 5.30. The van der Waals surface area contributed by atoms with Crippen molar-refractivity contribution >= 4 is 17.8 Å². The second-order valence-electron chi connectivity index (χ2n) is 6.96. The molecule has 0 unspecified atom stereocenters. The lowest BCUT2D eigenvalue weighted by atomic mass is 9.78. The molecular formula is C19H25N2O4+. The van der Waals surface area contributed by atoms with Crippen LogP contribution >= 0.6 is 0 Å². The van der Waals surface area contributed by atoms with E-state index in [1.165, 1.54) is 11.9 Å². The summed E-state index contributed by atoms with van der Waals surface area (Å²) in [5.74, 6) is -2.12. The molecule has 2 aliphatic rings. The number of rotatable bonds is 4. The molecule has 0 spiro atoms. The van der Waals surface area contributed by atoms with E-state index in [2.05, 4.69) is 0 Å². The summed E-state index contributed by atoms with van der Waals surface area (Å²) in [6.07, 6.45) is 0.433. The molecular weight excluding hydrogens is 320 g/mol. The topological polar surface area (TPSA) is 80.3 Å². The van der Waals surface area contributed by atoms with Crippen LogP contribution in [-0.2, 0) is 19.1 Å². The molecule has 4 atom stereocenters. The number of amides is 2. The molecule has 25 heavy (non-hydrogen) atoms. The molecule has 2 N–H and O–H groups in total. The van der Waals surface area contributed by atoms with Gasteiger partial charge in [0.15, 0.2) is 0 Å². The van der Waals surface area contributed by atoms with Crippen molar-refractivity contribution in [2.24, 2.45) is 11.8 Å². The van der Waals surface area contributed by atoms with E-state index in [9.17, 15) is 14.4 Å². The summed E-state index contributed by atoms with van der Waals surface area (Å²) in [5, 5.41) is 1.90. The summed E-state index contributed by atoms with van der Waals surface area (Å²) in [4.78, 5) is 39.5. The van der Waals surface area contributed by atoms with Gasteiger partial charge in [-0.15, -0.1) is 0 Å². The third kappa shape index (κ3) is 2.47. The lowest BCUT2D eigenvalue weighted by Gasteiger charge is -2.28. The number of quaternary nitrogens is 1. The maximum absolute atomic E-state index is 12.8. The van der Waals surface area contributed by atoms with Crippen molar-refractivity contribution in [1.82, 2.24) is 4.90 Å². The molecule has 0 aromatic heterocycles. The zero-order valence-corrected chi connectivity index (χ0v) is 15.1. The number of nitrogens with zero attached hydrogens (tertiary/aromatic N) is 1. The number of ether oxygens (including phenoxy) is 1. The average Bonchev–Trinajstić information content (AvgIpc) is 3.06. The minimum Gasteiger partial charge on any atom is -0.461 e. The molecule has 2 aliphatic heterocycles. The monoisotopic (exact) mass is 345 g/mol. The van der Waals surface area contributed by atoms with Crippen molar-refractivity contribution in [3.63, 3.8) is 0 Å². The number of carbonyl (C=O) groups excluding carboxylic acids is 3. The average molecular weight is 345 g/mol. The van der Waals surface area contributed by atoms with Gasteiger partial charge in [0.05, 0.1) is 6.61 Å².